The van der Waals surface area contributed by atoms with Crippen LogP contribution in [0.2, 0.25) is 0 Å². The van der Waals surface area contributed by atoms with Crippen molar-refractivity contribution in [3.8, 4) is 5.75 Å². The molecule has 0 bridgehead atoms. The minimum absolute atomic E-state index is 0.114. The molecule has 1 N–H and O–H groups in total. The van der Waals surface area contributed by atoms with Crippen LogP contribution in [0.4, 0.5) is 5.69 Å². The lowest BCUT2D eigenvalue weighted by Crippen LogP contribution is -2.45. The van der Waals surface area contributed by atoms with Gasteiger partial charge in [0, 0.05) is 19.6 Å². The molecule has 0 spiro atoms. The molecular formula is C23H35N3O5S2. The molecule has 1 aromatic rings. The van der Waals surface area contributed by atoms with Gasteiger partial charge in [0.2, 0.25) is 15.9 Å². The Morgan fingerprint density at radius 1 is 1.21 bits per heavy atom. The van der Waals surface area contributed by atoms with E-state index in [4.69, 9.17) is 4.74 Å². The highest BCUT2D eigenvalue weighted by Crippen LogP contribution is 2.35. The fraction of sp³-hybridized carbons (Fsp3) is 0.652. The Kier molecular flexibility index (Phi) is 9.46. The predicted molar refractivity (Wildman–Crippen MR) is 131 cm³/mol. The van der Waals surface area contributed by atoms with Crippen molar-refractivity contribution in [1.29, 1.82) is 0 Å². The van der Waals surface area contributed by atoms with Crippen molar-refractivity contribution in [2.75, 3.05) is 49.2 Å². The predicted octanol–water partition coefficient (Wildman–Crippen LogP) is 2.87. The van der Waals surface area contributed by atoms with Crippen LogP contribution in [0.3, 0.4) is 0 Å². The van der Waals surface area contributed by atoms with Crippen molar-refractivity contribution in [2.45, 2.75) is 50.8 Å². The maximum Gasteiger partial charge on any atom is 0.265 e. The van der Waals surface area contributed by atoms with Crippen molar-refractivity contribution in [2.24, 2.45) is 5.92 Å². The van der Waals surface area contributed by atoms with Crippen molar-refractivity contribution < 1.29 is 22.7 Å². The molecule has 0 radical (unpaired) electrons. The first-order chi connectivity index (χ1) is 15.8. The summed E-state index contributed by atoms with van der Waals surface area (Å²) in [6.45, 7) is 5.47. The molecule has 0 aromatic heterocycles. The summed E-state index contributed by atoms with van der Waals surface area (Å²) in [4.78, 5) is 26.4. The Balaban J connectivity index is 1.64. The number of nitrogens with zero attached hydrogens (tertiary/aromatic N) is 2. The average molecular weight is 498 g/mol. The lowest BCUT2D eigenvalue weighted by molar-refractivity contribution is -0.125. The van der Waals surface area contributed by atoms with Crippen LogP contribution in [-0.4, -0.2) is 68.8 Å². The Morgan fingerprint density at radius 2 is 1.94 bits per heavy atom. The number of carbonyl (C=O) groups excluding carboxylic acids is 2. The van der Waals surface area contributed by atoms with Gasteiger partial charge in [0.1, 0.15) is 12.3 Å². The third-order valence-electron chi connectivity index (χ3n) is 5.99. The third kappa shape index (κ3) is 6.86. The second-order valence-electron chi connectivity index (χ2n) is 8.65. The second-order valence-corrected chi connectivity index (χ2v) is 11.8. The SMILES string of the molecule is CCCCSCCCNC(=O)CN1C(=O)COc2ccc(S(=O)(=O)N3CCC(C)CC3)cc21. The maximum atomic E-state index is 13.2. The van der Waals surface area contributed by atoms with Crippen LogP contribution in [0, 0.1) is 5.92 Å². The summed E-state index contributed by atoms with van der Waals surface area (Å²) in [5.41, 5.74) is 0.322. The van der Waals surface area contributed by atoms with Gasteiger partial charge in [0.05, 0.1) is 10.6 Å². The largest absolute Gasteiger partial charge is 0.482 e. The van der Waals surface area contributed by atoms with Crippen LogP contribution in [0.25, 0.3) is 0 Å². The van der Waals surface area contributed by atoms with Gasteiger partial charge in [0.25, 0.3) is 5.91 Å². The van der Waals surface area contributed by atoms with Gasteiger partial charge in [-0.3, -0.25) is 14.5 Å². The Morgan fingerprint density at radius 3 is 2.67 bits per heavy atom. The van der Waals surface area contributed by atoms with E-state index >= 15 is 0 Å². The zero-order valence-corrected chi connectivity index (χ0v) is 21.2. The van der Waals surface area contributed by atoms with Crippen LogP contribution in [0.1, 0.15) is 46.0 Å². The smallest absolute Gasteiger partial charge is 0.265 e. The van der Waals surface area contributed by atoms with E-state index in [9.17, 15) is 18.0 Å². The summed E-state index contributed by atoms with van der Waals surface area (Å²) in [5, 5.41) is 2.86. The van der Waals surface area contributed by atoms with Crippen molar-refractivity contribution in [3.05, 3.63) is 18.2 Å². The number of hydrogen-bond acceptors (Lipinski definition) is 6. The van der Waals surface area contributed by atoms with E-state index in [-0.39, 0.29) is 29.9 Å². The average Bonchev–Trinajstić information content (AvgIpc) is 2.80. The quantitative estimate of drug-likeness (QED) is 0.473. The van der Waals surface area contributed by atoms with E-state index < -0.39 is 10.0 Å². The lowest BCUT2D eigenvalue weighted by Gasteiger charge is -2.31. The summed E-state index contributed by atoms with van der Waals surface area (Å²) in [7, 11) is -3.68. The number of amides is 2. The zero-order chi connectivity index (χ0) is 23.8. The van der Waals surface area contributed by atoms with Gasteiger partial charge in [-0.2, -0.15) is 16.1 Å². The number of fused-ring (bicyclic) bond motifs is 1. The number of sulfonamides is 1. The first-order valence-corrected chi connectivity index (χ1v) is 14.3. The molecule has 2 amide bonds. The minimum atomic E-state index is -3.68. The minimum Gasteiger partial charge on any atom is -0.482 e. The van der Waals surface area contributed by atoms with Crippen LogP contribution in [0.5, 0.6) is 5.75 Å². The zero-order valence-electron chi connectivity index (χ0n) is 19.5. The molecule has 2 aliphatic heterocycles. The number of thioether (sulfide) groups is 1. The summed E-state index contributed by atoms with van der Waals surface area (Å²) in [6, 6.07) is 4.54. The molecule has 2 heterocycles. The number of rotatable bonds is 11. The fourth-order valence-electron chi connectivity index (χ4n) is 3.84. The number of benzene rings is 1. The summed E-state index contributed by atoms with van der Waals surface area (Å²) in [6.07, 6.45) is 4.90. The van der Waals surface area contributed by atoms with E-state index in [2.05, 4.69) is 19.2 Å². The monoisotopic (exact) mass is 497 g/mol. The normalized spacial score (nSPS) is 17.5. The summed E-state index contributed by atoms with van der Waals surface area (Å²) in [5.74, 6) is 2.39. The number of piperidine rings is 1. The maximum absolute atomic E-state index is 13.2. The molecule has 184 valence electrons. The Hall–Kier alpha value is -1.78. The second kappa shape index (κ2) is 12.1. The molecule has 0 aliphatic carbocycles. The summed E-state index contributed by atoms with van der Waals surface area (Å²) < 4.78 is 33.3. The van der Waals surface area contributed by atoms with Crippen LogP contribution in [-0.2, 0) is 19.6 Å². The van der Waals surface area contributed by atoms with Gasteiger partial charge in [-0.25, -0.2) is 8.42 Å². The Bertz CT molecular complexity index is 930. The molecule has 2 aliphatic rings. The van der Waals surface area contributed by atoms with Gasteiger partial charge >= 0.3 is 0 Å². The molecule has 0 unspecified atom stereocenters. The van der Waals surface area contributed by atoms with E-state index in [0.717, 1.165) is 30.8 Å². The topological polar surface area (TPSA) is 96.0 Å². The van der Waals surface area contributed by atoms with Crippen molar-refractivity contribution in [1.82, 2.24) is 9.62 Å². The summed E-state index contributed by atoms with van der Waals surface area (Å²) >= 11 is 1.88. The van der Waals surface area contributed by atoms with Crippen LogP contribution >= 0.6 is 11.8 Å². The highest BCUT2D eigenvalue weighted by molar-refractivity contribution is 7.99. The highest BCUT2D eigenvalue weighted by atomic mass is 32.2. The molecule has 3 rings (SSSR count). The van der Waals surface area contributed by atoms with Gasteiger partial charge in [-0.1, -0.05) is 20.3 Å². The van der Waals surface area contributed by atoms with E-state index in [0.29, 0.717) is 37.0 Å². The van der Waals surface area contributed by atoms with Crippen molar-refractivity contribution in [3.63, 3.8) is 0 Å². The molecule has 1 fully saturated rings. The number of unbranched alkanes of at least 4 members (excludes halogenated alkanes) is 1. The third-order valence-corrected chi connectivity index (χ3v) is 9.03. The molecule has 1 saturated heterocycles. The molecular weight excluding hydrogens is 462 g/mol. The fourth-order valence-corrected chi connectivity index (χ4v) is 6.38. The number of carbonyl (C=O) groups is 2. The van der Waals surface area contributed by atoms with E-state index in [1.165, 1.54) is 34.2 Å². The van der Waals surface area contributed by atoms with Gasteiger partial charge in [0.15, 0.2) is 6.61 Å². The van der Waals surface area contributed by atoms with Gasteiger partial charge in [-0.05, 0) is 61.3 Å². The highest BCUT2D eigenvalue weighted by Gasteiger charge is 2.32. The van der Waals surface area contributed by atoms with Crippen LogP contribution < -0.4 is 15.0 Å². The number of anilines is 1. The van der Waals surface area contributed by atoms with Gasteiger partial charge < -0.3 is 10.1 Å². The van der Waals surface area contributed by atoms with Crippen LogP contribution in [0.15, 0.2) is 23.1 Å². The Labute approximate surface area is 201 Å². The first-order valence-electron chi connectivity index (χ1n) is 11.7. The van der Waals surface area contributed by atoms with E-state index in [1.807, 2.05) is 11.8 Å². The number of ether oxygens (including phenoxy) is 1. The molecule has 0 atom stereocenters. The van der Waals surface area contributed by atoms with Crippen molar-refractivity contribution >= 4 is 39.3 Å². The standard InChI is InChI=1S/C23H35N3O5S2/c1-3-4-13-32-14-5-10-24-22(27)16-26-20-15-19(6-7-21(20)31-17-23(26)28)33(29,30)25-11-8-18(2)9-12-25/h6-7,15,18H,3-5,8-14,16-17H2,1-2H3,(H,24,27). The number of hydrogen-bond donors (Lipinski definition) is 1. The molecule has 10 heteroatoms. The molecule has 1 aromatic carbocycles. The lowest BCUT2D eigenvalue weighted by atomic mass is 10.0. The van der Waals surface area contributed by atoms with E-state index in [1.54, 1.807) is 6.07 Å². The molecule has 0 saturated carbocycles. The first kappa shape index (κ1) is 25.8. The number of nitrogens with one attached hydrogen (secondary N) is 1. The molecule has 33 heavy (non-hydrogen) atoms. The van der Waals surface area contributed by atoms with Gasteiger partial charge in [-0.15, -0.1) is 0 Å². The molecule has 8 nitrogen and oxygen atoms in total.